The maximum Gasteiger partial charge on any atom is 0.125 e. The minimum absolute atomic E-state index is 0.313. The Balaban J connectivity index is 1.78. The van der Waals surface area contributed by atoms with Gasteiger partial charge in [-0.3, -0.25) is 0 Å². The van der Waals surface area contributed by atoms with Crippen molar-refractivity contribution >= 4 is 11.4 Å². The number of halogens is 1. The number of hydrogen-bond donors (Lipinski definition) is 2. The number of nitrogens with one attached hydrogen (secondary N) is 1. The number of nitrogen functional groups attached to an aromatic ring is 1. The lowest BCUT2D eigenvalue weighted by molar-refractivity contribution is 0.628. The van der Waals surface area contributed by atoms with Gasteiger partial charge in [-0.2, -0.15) is 0 Å². The first-order valence-electron chi connectivity index (χ1n) is 5.50. The van der Waals surface area contributed by atoms with Gasteiger partial charge in [0, 0.05) is 25.5 Å². The molecule has 0 amide bonds. The highest BCUT2D eigenvalue weighted by Crippen LogP contribution is 2.18. The Morgan fingerprint density at radius 3 is 3.00 bits per heavy atom. The summed E-state index contributed by atoms with van der Waals surface area (Å²) in [7, 11) is 0. The molecule has 0 aliphatic rings. The second-order valence-electron chi connectivity index (χ2n) is 3.81. The first-order valence-corrected chi connectivity index (χ1v) is 5.50. The van der Waals surface area contributed by atoms with Crippen molar-refractivity contribution in [2.45, 2.75) is 13.0 Å². The van der Waals surface area contributed by atoms with Gasteiger partial charge >= 0.3 is 0 Å². The number of imidazole rings is 1. The lowest BCUT2D eigenvalue weighted by Crippen LogP contribution is -2.07. The molecule has 0 aliphatic heterocycles. The summed E-state index contributed by atoms with van der Waals surface area (Å²) in [6.07, 6.45) is 6.41. The molecular weight excluding hydrogens is 219 g/mol. The fraction of sp³-hybridized carbons (Fsp3) is 0.250. The molecule has 17 heavy (non-hydrogen) atoms. The van der Waals surface area contributed by atoms with Crippen molar-refractivity contribution < 1.29 is 4.39 Å². The van der Waals surface area contributed by atoms with Crippen LogP contribution in [0.5, 0.6) is 0 Å². The van der Waals surface area contributed by atoms with Crippen LogP contribution in [0.1, 0.15) is 6.42 Å². The molecule has 0 bridgehead atoms. The van der Waals surface area contributed by atoms with Crippen LogP contribution in [0.3, 0.4) is 0 Å². The lowest BCUT2D eigenvalue weighted by atomic mass is 10.2. The van der Waals surface area contributed by atoms with E-state index in [4.69, 9.17) is 5.73 Å². The van der Waals surface area contributed by atoms with Crippen LogP contribution in [0.15, 0.2) is 36.9 Å². The highest BCUT2D eigenvalue weighted by Gasteiger charge is 1.99. The van der Waals surface area contributed by atoms with E-state index < -0.39 is 0 Å². The van der Waals surface area contributed by atoms with Gasteiger partial charge in [-0.05, 0) is 24.6 Å². The molecule has 0 saturated carbocycles. The zero-order valence-corrected chi connectivity index (χ0v) is 9.44. The number of benzene rings is 1. The normalized spacial score (nSPS) is 10.4. The van der Waals surface area contributed by atoms with E-state index in [0.717, 1.165) is 25.2 Å². The van der Waals surface area contributed by atoms with E-state index in [1.54, 1.807) is 18.6 Å². The number of nitrogens with zero attached hydrogens (tertiary/aromatic N) is 2. The molecule has 0 spiro atoms. The third-order valence-corrected chi connectivity index (χ3v) is 2.48. The van der Waals surface area contributed by atoms with E-state index in [0.29, 0.717) is 5.69 Å². The topological polar surface area (TPSA) is 55.9 Å². The van der Waals surface area contributed by atoms with Crippen LogP contribution >= 0.6 is 0 Å². The molecule has 0 unspecified atom stereocenters. The molecule has 3 N–H and O–H groups in total. The molecule has 90 valence electrons. The Morgan fingerprint density at radius 1 is 1.41 bits per heavy atom. The predicted molar refractivity (Wildman–Crippen MR) is 66.1 cm³/mol. The maximum absolute atomic E-state index is 12.8. The number of hydrogen-bond acceptors (Lipinski definition) is 3. The first kappa shape index (κ1) is 11.4. The molecule has 2 aromatic rings. The fourth-order valence-corrected chi connectivity index (χ4v) is 1.60. The predicted octanol–water partition coefficient (Wildman–Crippen LogP) is 2.11. The summed E-state index contributed by atoms with van der Waals surface area (Å²) in [5.41, 5.74) is 6.89. The third kappa shape index (κ3) is 3.21. The van der Waals surface area contributed by atoms with Gasteiger partial charge < -0.3 is 15.6 Å². The maximum atomic E-state index is 12.8. The summed E-state index contributed by atoms with van der Waals surface area (Å²) in [6.45, 7) is 1.68. The Hall–Kier alpha value is -2.04. The highest BCUT2D eigenvalue weighted by atomic mass is 19.1. The molecule has 0 radical (unpaired) electrons. The van der Waals surface area contributed by atoms with Gasteiger partial charge in [0.15, 0.2) is 0 Å². The minimum atomic E-state index is -0.313. The summed E-state index contributed by atoms with van der Waals surface area (Å²) in [6, 6.07) is 4.37. The smallest absolute Gasteiger partial charge is 0.125 e. The monoisotopic (exact) mass is 234 g/mol. The van der Waals surface area contributed by atoms with Crippen LogP contribution in [0.2, 0.25) is 0 Å². The summed E-state index contributed by atoms with van der Waals surface area (Å²) in [4.78, 5) is 3.96. The van der Waals surface area contributed by atoms with Crippen molar-refractivity contribution in [3.63, 3.8) is 0 Å². The van der Waals surface area contributed by atoms with Crippen LogP contribution in [0, 0.1) is 5.82 Å². The summed E-state index contributed by atoms with van der Waals surface area (Å²) in [5, 5.41) is 3.18. The van der Waals surface area contributed by atoms with Gasteiger partial charge in [-0.1, -0.05) is 0 Å². The van der Waals surface area contributed by atoms with Crippen LogP contribution in [-0.2, 0) is 6.54 Å². The van der Waals surface area contributed by atoms with E-state index in [2.05, 4.69) is 10.3 Å². The molecule has 2 rings (SSSR count). The van der Waals surface area contributed by atoms with E-state index >= 15 is 0 Å². The minimum Gasteiger partial charge on any atom is -0.397 e. The molecular formula is C12H15FN4. The Morgan fingerprint density at radius 2 is 2.29 bits per heavy atom. The Labute approximate surface area is 99.3 Å². The molecule has 4 nitrogen and oxygen atoms in total. The van der Waals surface area contributed by atoms with Gasteiger partial charge in [-0.25, -0.2) is 9.37 Å². The largest absolute Gasteiger partial charge is 0.397 e. The lowest BCUT2D eigenvalue weighted by Gasteiger charge is -2.09. The van der Waals surface area contributed by atoms with Crippen molar-refractivity contribution in [2.75, 3.05) is 17.6 Å². The Kier molecular flexibility index (Phi) is 3.59. The SMILES string of the molecule is Nc1cc(F)ccc1NCCCn1ccnc1. The second-order valence-corrected chi connectivity index (χ2v) is 3.81. The van der Waals surface area contributed by atoms with Gasteiger partial charge in [0.05, 0.1) is 17.7 Å². The highest BCUT2D eigenvalue weighted by molar-refractivity contribution is 5.65. The van der Waals surface area contributed by atoms with Crippen molar-refractivity contribution in [1.29, 1.82) is 0 Å². The molecule has 1 aromatic carbocycles. The van der Waals surface area contributed by atoms with Crippen molar-refractivity contribution in [1.82, 2.24) is 9.55 Å². The summed E-state index contributed by atoms with van der Waals surface area (Å²) < 4.78 is 14.8. The molecule has 0 aliphatic carbocycles. The average molecular weight is 234 g/mol. The van der Waals surface area contributed by atoms with E-state index in [-0.39, 0.29) is 5.82 Å². The van der Waals surface area contributed by atoms with Gasteiger partial charge in [0.2, 0.25) is 0 Å². The van der Waals surface area contributed by atoms with E-state index in [9.17, 15) is 4.39 Å². The standard InChI is InChI=1S/C12H15FN4/c13-10-2-3-12(11(14)8-10)16-4-1-6-17-7-5-15-9-17/h2-3,5,7-9,16H,1,4,6,14H2. The number of anilines is 2. The molecule has 1 heterocycles. The second kappa shape index (κ2) is 5.34. The number of aromatic nitrogens is 2. The Bertz CT molecular complexity index is 467. The van der Waals surface area contributed by atoms with Crippen molar-refractivity contribution in [3.8, 4) is 0 Å². The molecule has 1 aromatic heterocycles. The molecule has 0 atom stereocenters. The van der Waals surface area contributed by atoms with Crippen LogP contribution in [-0.4, -0.2) is 16.1 Å². The average Bonchev–Trinajstić information content (AvgIpc) is 2.79. The molecule has 0 saturated heterocycles. The van der Waals surface area contributed by atoms with Crippen LogP contribution in [0.4, 0.5) is 15.8 Å². The van der Waals surface area contributed by atoms with Crippen LogP contribution in [0.25, 0.3) is 0 Å². The number of aryl methyl sites for hydroxylation is 1. The van der Waals surface area contributed by atoms with Gasteiger partial charge in [-0.15, -0.1) is 0 Å². The van der Waals surface area contributed by atoms with Crippen molar-refractivity contribution in [2.24, 2.45) is 0 Å². The zero-order chi connectivity index (χ0) is 12.1. The number of nitrogens with two attached hydrogens (primary N) is 1. The summed E-state index contributed by atoms with van der Waals surface area (Å²) in [5.74, 6) is -0.313. The van der Waals surface area contributed by atoms with E-state index in [1.807, 2.05) is 10.8 Å². The summed E-state index contributed by atoms with van der Waals surface area (Å²) >= 11 is 0. The van der Waals surface area contributed by atoms with E-state index in [1.165, 1.54) is 12.1 Å². The van der Waals surface area contributed by atoms with Gasteiger partial charge in [0.25, 0.3) is 0 Å². The van der Waals surface area contributed by atoms with Crippen LogP contribution < -0.4 is 11.1 Å². The number of rotatable bonds is 5. The molecule has 0 fully saturated rings. The first-order chi connectivity index (χ1) is 8.25. The third-order valence-electron chi connectivity index (χ3n) is 2.48. The fourth-order valence-electron chi connectivity index (χ4n) is 1.60. The zero-order valence-electron chi connectivity index (χ0n) is 9.44. The molecule has 5 heteroatoms. The van der Waals surface area contributed by atoms with Gasteiger partial charge in [0.1, 0.15) is 5.82 Å². The van der Waals surface area contributed by atoms with Crippen molar-refractivity contribution in [3.05, 3.63) is 42.7 Å². The quantitative estimate of drug-likeness (QED) is 0.615.